The summed E-state index contributed by atoms with van der Waals surface area (Å²) in [7, 11) is 0. The van der Waals surface area contributed by atoms with E-state index in [4.69, 9.17) is 0 Å². The molecule has 0 radical (unpaired) electrons. The molecule has 15 N–H and O–H groups in total. The highest BCUT2D eigenvalue weighted by Crippen LogP contribution is 2.20. The van der Waals surface area contributed by atoms with Gasteiger partial charge in [-0.1, -0.05) is 6.07 Å². The topological polar surface area (TPSA) is 142 Å². The highest BCUT2D eigenvalue weighted by molar-refractivity contribution is 5.39. The van der Waals surface area contributed by atoms with E-state index in [2.05, 4.69) is 38.8 Å². The molecule has 0 heterocycles. The van der Waals surface area contributed by atoms with Gasteiger partial charge in [0.25, 0.3) is 0 Å². The fraction of sp³-hybridized carbons (Fsp3) is 0.625. The average molecular weight is 810 g/mol. The first-order chi connectivity index (χ1) is 11.3. The van der Waals surface area contributed by atoms with Crippen LogP contribution in [-0.4, -0.2) is 57.5 Å². The zero-order valence-corrected chi connectivity index (χ0v) is 26.3. The summed E-state index contributed by atoms with van der Waals surface area (Å²) < 4.78 is 0. The van der Waals surface area contributed by atoms with Crippen LogP contribution in [0.15, 0.2) is 18.2 Å². The van der Waals surface area contributed by atoms with Crippen LogP contribution >= 0.6 is 0 Å². The monoisotopic (exact) mass is 804 g/mol. The predicted octanol–water partition coefficient (Wildman–Crippen LogP) is -24.8. The van der Waals surface area contributed by atoms with Gasteiger partial charge in [0, 0.05) is 11.1 Å². The molecule has 0 amide bonds. The minimum atomic E-state index is 0. The molecule has 0 fully saturated rings. The number of halogens is 6. The summed E-state index contributed by atoms with van der Waals surface area (Å²) in [6.45, 7) is 10.2. The Morgan fingerprint density at radius 2 is 0.931 bits per heavy atom. The first-order valence-electron chi connectivity index (χ1n) is 8.94. The van der Waals surface area contributed by atoms with Crippen molar-refractivity contribution >= 4 is 0 Å². The van der Waals surface area contributed by atoms with Crippen LogP contribution in [-0.2, 0) is 13.1 Å². The molecule has 0 spiro atoms. The normalized spacial score (nSPS) is 8.76. The highest BCUT2D eigenvalue weighted by Gasteiger charge is 2.09. The van der Waals surface area contributed by atoms with E-state index < -0.39 is 0 Å². The Labute approximate surface area is 238 Å². The molecule has 0 aliphatic rings. The Hall–Kier alpha value is 1.66. The van der Waals surface area contributed by atoms with Gasteiger partial charge in [0.2, 0.25) is 0 Å². The van der Waals surface area contributed by atoms with Crippen molar-refractivity contribution in [3.8, 4) is 5.75 Å². The molecule has 0 aliphatic heterocycles. The summed E-state index contributed by atoms with van der Waals surface area (Å²) in [6.07, 6.45) is 0. The Bertz CT molecular complexity index is 403. The fourth-order valence-electron chi connectivity index (χ4n) is 2.54. The summed E-state index contributed by atoms with van der Waals surface area (Å²) in [6, 6.07) is 6.10. The zero-order chi connectivity index (χ0) is 16.8. The van der Waals surface area contributed by atoms with E-state index in [1.54, 1.807) is 0 Å². The van der Waals surface area contributed by atoms with Crippen molar-refractivity contribution in [2.24, 2.45) is 0 Å². The smallest absolute Gasteiger partial charge is 0.133 e. The van der Waals surface area contributed by atoms with Crippen molar-refractivity contribution in [3.63, 3.8) is 0 Å². The summed E-state index contributed by atoms with van der Waals surface area (Å²) in [5, 5.41) is 19.5. The molecule has 0 atom stereocenters. The van der Waals surface area contributed by atoms with Crippen LogP contribution < -0.4 is 135 Å². The van der Waals surface area contributed by atoms with Crippen LogP contribution in [0.2, 0.25) is 0 Å². The first-order valence-corrected chi connectivity index (χ1v) is 8.94. The number of rotatable bonds is 14. The van der Waals surface area contributed by atoms with Crippen molar-refractivity contribution in [1.29, 1.82) is 0 Å². The number of nitrogens with two attached hydrogens (primary N) is 4. The van der Waals surface area contributed by atoms with E-state index in [0.717, 1.165) is 76.6 Å². The summed E-state index contributed by atoms with van der Waals surface area (Å²) in [5.74, 6) is 0.475. The lowest BCUT2D eigenvalue weighted by Gasteiger charge is -2.08. The second kappa shape index (κ2) is 31.8. The average Bonchev–Trinajstić information content (AvgIpc) is 2.56. The van der Waals surface area contributed by atoms with Crippen molar-refractivity contribution in [2.75, 3.05) is 52.4 Å². The third kappa shape index (κ3) is 22.6. The highest BCUT2D eigenvalue weighted by atomic mass is 79.9. The van der Waals surface area contributed by atoms with Crippen LogP contribution in [0.4, 0.5) is 0 Å². The molecule has 7 nitrogen and oxygen atoms in total. The molecule has 180 valence electrons. The molecule has 0 aromatic heterocycles. The SMILES string of the molecule is [Br-].[Br-].[Br-].[Br-].[Br-].[Br-].[NH3+]CC[NH2+]CC[NH2+]Cc1cccc(C[NH2+]CC[NH2+]CC[NH3+])c1O. The van der Waals surface area contributed by atoms with Gasteiger partial charge >= 0.3 is 0 Å². The van der Waals surface area contributed by atoms with E-state index in [9.17, 15) is 5.11 Å². The van der Waals surface area contributed by atoms with Crippen molar-refractivity contribution in [3.05, 3.63) is 29.3 Å². The lowest BCUT2D eigenvalue weighted by molar-refractivity contribution is -0.736. The number of phenols is 1. The number of aromatic hydroxyl groups is 1. The largest absolute Gasteiger partial charge is 1.00 e. The number of para-hydroxylation sites is 1. The maximum Gasteiger partial charge on any atom is 0.133 e. The molecule has 1 aromatic rings. The third-order valence-electron chi connectivity index (χ3n) is 3.90. The molecule has 1 rings (SSSR count). The summed E-state index contributed by atoms with van der Waals surface area (Å²) in [5.41, 5.74) is 9.75. The molecular weight excluding hydrogens is 772 g/mol. The molecule has 0 unspecified atom stereocenters. The third-order valence-corrected chi connectivity index (χ3v) is 3.90. The molecule has 0 bridgehead atoms. The Balaban J connectivity index is -0.000000220. The summed E-state index contributed by atoms with van der Waals surface area (Å²) in [4.78, 5) is 0. The zero-order valence-electron chi connectivity index (χ0n) is 16.7. The molecule has 1 aromatic carbocycles. The van der Waals surface area contributed by atoms with Gasteiger partial charge in [0.05, 0.1) is 0 Å². The number of phenolic OH excluding ortho intramolecular Hbond substituents is 1. The van der Waals surface area contributed by atoms with Crippen LogP contribution in [0.3, 0.4) is 0 Å². The van der Waals surface area contributed by atoms with Crippen LogP contribution in [0, 0.1) is 0 Å². The molecular formula is C16H38Br6N6O. The lowest BCUT2D eigenvalue weighted by Crippen LogP contribution is -3.00. The molecule has 0 saturated heterocycles. The van der Waals surface area contributed by atoms with Gasteiger partial charge in [0.1, 0.15) is 71.2 Å². The molecule has 29 heavy (non-hydrogen) atoms. The Morgan fingerprint density at radius 1 is 0.586 bits per heavy atom. The van der Waals surface area contributed by atoms with Gasteiger partial charge in [-0.3, -0.25) is 0 Å². The molecule has 13 heteroatoms. The number of hydrogen-bond acceptors (Lipinski definition) is 1. The maximum absolute atomic E-state index is 10.4. The van der Waals surface area contributed by atoms with E-state index in [-0.39, 0.29) is 102 Å². The summed E-state index contributed by atoms with van der Waals surface area (Å²) >= 11 is 0. The second-order valence-corrected chi connectivity index (χ2v) is 5.93. The quantitative estimate of drug-likeness (QED) is 0.0923. The van der Waals surface area contributed by atoms with E-state index in [0.29, 0.717) is 5.75 Å². The van der Waals surface area contributed by atoms with Crippen molar-refractivity contribution in [1.82, 2.24) is 0 Å². The van der Waals surface area contributed by atoms with Gasteiger partial charge in [-0.2, -0.15) is 0 Å². The van der Waals surface area contributed by atoms with Gasteiger partial charge in [0.15, 0.2) is 0 Å². The van der Waals surface area contributed by atoms with Gasteiger partial charge < -0.3 is 140 Å². The fourth-order valence-corrected chi connectivity index (χ4v) is 2.54. The second-order valence-electron chi connectivity index (χ2n) is 5.93. The van der Waals surface area contributed by atoms with Gasteiger partial charge in [-0.05, 0) is 12.1 Å². The van der Waals surface area contributed by atoms with Crippen LogP contribution in [0.1, 0.15) is 11.1 Å². The maximum atomic E-state index is 10.4. The number of hydrogen-bond donors (Lipinski definition) is 7. The minimum absolute atomic E-state index is 0. The van der Waals surface area contributed by atoms with Crippen molar-refractivity contribution in [2.45, 2.75) is 13.1 Å². The van der Waals surface area contributed by atoms with E-state index in [1.165, 1.54) is 0 Å². The number of benzene rings is 1. The lowest BCUT2D eigenvalue weighted by atomic mass is 10.1. The Kier molecular flexibility index (Phi) is 48.7. The minimum Gasteiger partial charge on any atom is -1.00 e. The van der Waals surface area contributed by atoms with Gasteiger partial charge in [-0.25, -0.2) is 0 Å². The number of quaternary nitrogens is 6. The van der Waals surface area contributed by atoms with E-state index in [1.807, 2.05) is 12.1 Å². The standard InChI is InChI=1S/C16H32N6O.6BrH/c17-4-6-19-8-10-21-12-14-2-1-3-15(16(14)23)13-22-11-9-20-7-5-18;;;;;;/h1-3,19-23H,4-13,17-18H2;6*1H. The Morgan fingerprint density at radius 3 is 1.28 bits per heavy atom. The van der Waals surface area contributed by atoms with E-state index >= 15 is 0 Å². The van der Waals surface area contributed by atoms with Crippen molar-refractivity contribution < 1.29 is 140 Å². The molecule has 0 saturated carbocycles. The molecule has 0 aliphatic carbocycles. The van der Waals surface area contributed by atoms with Crippen LogP contribution in [0.25, 0.3) is 0 Å². The van der Waals surface area contributed by atoms with Crippen LogP contribution in [0.5, 0.6) is 5.75 Å². The predicted molar refractivity (Wildman–Crippen MR) is 87.9 cm³/mol. The van der Waals surface area contributed by atoms with Gasteiger partial charge in [-0.15, -0.1) is 0 Å². The first kappa shape index (κ1) is 44.4.